The van der Waals surface area contributed by atoms with E-state index in [0.29, 0.717) is 18.1 Å². The standard InChI is InChI=1S/C18H19N5O3/c1-11-5-6-12(10-25-2)21-15(11)9-20-17(24)14-8-13(22-18(19)23-14)16-4-3-7-26-16/h3-8H,9-10H2,1-2H3,(H,20,24)(H2,19,22,23). The van der Waals surface area contributed by atoms with E-state index in [1.54, 1.807) is 19.2 Å². The molecule has 134 valence electrons. The van der Waals surface area contributed by atoms with Crippen molar-refractivity contribution < 1.29 is 13.9 Å². The SMILES string of the molecule is COCc1ccc(C)c(CNC(=O)c2cc(-c3ccco3)nc(N)n2)n1. The van der Waals surface area contributed by atoms with Crippen LogP contribution in [0.5, 0.6) is 0 Å². The van der Waals surface area contributed by atoms with E-state index in [1.807, 2.05) is 19.1 Å². The number of nitrogens with two attached hydrogens (primary N) is 1. The van der Waals surface area contributed by atoms with E-state index >= 15 is 0 Å². The van der Waals surface area contributed by atoms with Crippen LogP contribution in [-0.2, 0) is 17.9 Å². The Morgan fingerprint density at radius 3 is 2.85 bits per heavy atom. The normalized spacial score (nSPS) is 10.7. The van der Waals surface area contributed by atoms with E-state index < -0.39 is 0 Å². The van der Waals surface area contributed by atoms with Crippen LogP contribution in [0.25, 0.3) is 11.5 Å². The summed E-state index contributed by atoms with van der Waals surface area (Å²) in [5.41, 5.74) is 8.87. The highest BCUT2D eigenvalue weighted by atomic mass is 16.5. The summed E-state index contributed by atoms with van der Waals surface area (Å²) in [4.78, 5) is 25.1. The molecule has 3 aromatic rings. The van der Waals surface area contributed by atoms with Crippen LogP contribution in [-0.4, -0.2) is 28.0 Å². The fourth-order valence-corrected chi connectivity index (χ4v) is 2.41. The number of furan rings is 1. The third kappa shape index (κ3) is 4.04. The molecule has 0 aliphatic heterocycles. The monoisotopic (exact) mass is 353 g/mol. The van der Waals surface area contributed by atoms with E-state index in [-0.39, 0.29) is 24.1 Å². The van der Waals surface area contributed by atoms with Crippen LogP contribution in [0.15, 0.2) is 41.0 Å². The van der Waals surface area contributed by atoms with Gasteiger partial charge in [-0.25, -0.2) is 9.97 Å². The maximum absolute atomic E-state index is 12.5. The molecule has 8 nitrogen and oxygen atoms in total. The van der Waals surface area contributed by atoms with Gasteiger partial charge < -0.3 is 20.2 Å². The Balaban J connectivity index is 1.76. The molecule has 0 spiro atoms. The third-order valence-corrected chi connectivity index (χ3v) is 3.72. The Bertz CT molecular complexity index is 909. The average Bonchev–Trinajstić information content (AvgIpc) is 3.16. The predicted octanol–water partition coefficient (Wildman–Crippen LogP) is 2.10. The number of carbonyl (C=O) groups excluding carboxylic acids is 1. The minimum Gasteiger partial charge on any atom is -0.463 e. The molecular formula is C18H19N5O3. The van der Waals surface area contributed by atoms with E-state index in [2.05, 4.69) is 20.3 Å². The highest BCUT2D eigenvalue weighted by molar-refractivity contribution is 5.93. The number of amides is 1. The van der Waals surface area contributed by atoms with Gasteiger partial charge >= 0.3 is 0 Å². The number of anilines is 1. The molecule has 1 amide bonds. The number of methoxy groups -OCH3 is 1. The highest BCUT2D eigenvalue weighted by Gasteiger charge is 2.14. The molecule has 3 N–H and O–H groups in total. The van der Waals surface area contributed by atoms with Gasteiger partial charge in [0.2, 0.25) is 5.95 Å². The van der Waals surface area contributed by atoms with Gasteiger partial charge in [-0.15, -0.1) is 0 Å². The predicted molar refractivity (Wildman–Crippen MR) is 95.0 cm³/mol. The van der Waals surface area contributed by atoms with Crippen molar-refractivity contribution in [1.29, 1.82) is 0 Å². The van der Waals surface area contributed by atoms with E-state index in [9.17, 15) is 4.79 Å². The number of hydrogen-bond acceptors (Lipinski definition) is 7. The Morgan fingerprint density at radius 1 is 1.27 bits per heavy atom. The number of ether oxygens (including phenoxy) is 1. The van der Waals surface area contributed by atoms with Crippen molar-refractivity contribution in [3.63, 3.8) is 0 Å². The zero-order chi connectivity index (χ0) is 18.5. The topological polar surface area (TPSA) is 116 Å². The molecule has 26 heavy (non-hydrogen) atoms. The largest absolute Gasteiger partial charge is 0.463 e. The lowest BCUT2D eigenvalue weighted by Gasteiger charge is -2.09. The van der Waals surface area contributed by atoms with Gasteiger partial charge in [-0.1, -0.05) is 6.07 Å². The molecule has 3 rings (SSSR count). The number of carbonyl (C=O) groups is 1. The van der Waals surface area contributed by atoms with Gasteiger partial charge in [0.1, 0.15) is 11.4 Å². The third-order valence-electron chi connectivity index (χ3n) is 3.72. The van der Waals surface area contributed by atoms with E-state index in [1.165, 1.54) is 12.3 Å². The minimum atomic E-state index is -0.370. The smallest absolute Gasteiger partial charge is 0.270 e. The van der Waals surface area contributed by atoms with Crippen LogP contribution in [0.2, 0.25) is 0 Å². The lowest BCUT2D eigenvalue weighted by Crippen LogP contribution is -2.25. The molecule has 0 bridgehead atoms. The molecule has 0 unspecified atom stereocenters. The summed E-state index contributed by atoms with van der Waals surface area (Å²) in [6.07, 6.45) is 1.52. The molecule has 3 aromatic heterocycles. The van der Waals surface area contributed by atoms with Crippen molar-refractivity contribution >= 4 is 11.9 Å². The maximum Gasteiger partial charge on any atom is 0.270 e. The minimum absolute atomic E-state index is 0.000414. The first kappa shape index (κ1) is 17.6. The summed E-state index contributed by atoms with van der Waals surface area (Å²) < 4.78 is 10.4. The Hall–Kier alpha value is -3.26. The number of nitrogens with one attached hydrogen (secondary N) is 1. The van der Waals surface area contributed by atoms with Gasteiger partial charge in [0.25, 0.3) is 5.91 Å². The van der Waals surface area contributed by atoms with Crippen molar-refractivity contribution in [3.05, 3.63) is 59.2 Å². The average molecular weight is 353 g/mol. The second-order valence-corrected chi connectivity index (χ2v) is 5.66. The Kier molecular flexibility index (Phi) is 5.23. The van der Waals surface area contributed by atoms with Crippen LogP contribution in [0.4, 0.5) is 5.95 Å². The van der Waals surface area contributed by atoms with Crippen LogP contribution in [0, 0.1) is 6.92 Å². The lowest BCUT2D eigenvalue weighted by atomic mass is 10.2. The molecule has 0 aliphatic rings. The van der Waals surface area contributed by atoms with Gasteiger partial charge in [0, 0.05) is 7.11 Å². The summed E-state index contributed by atoms with van der Waals surface area (Å²) in [7, 11) is 1.61. The first-order valence-electron chi connectivity index (χ1n) is 7.98. The number of aromatic nitrogens is 3. The number of rotatable bonds is 6. The van der Waals surface area contributed by atoms with Gasteiger partial charge in [-0.3, -0.25) is 9.78 Å². The maximum atomic E-state index is 12.5. The zero-order valence-corrected chi connectivity index (χ0v) is 14.5. The molecule has 3 heterocycles. The summed E-state index contributed by atoms with van der Waals surface area (Å²) in [6.45, 7) is 2.61. The van der Waals surface area contributed by atoms with Crippen LogP contribution < -0.4 is 11.1 Å². The van der Waals surface area contributed by atoms with Crippen molar-refractivity contribution in [3.8, 4) is 11.5 Å². The van der Waals surface area contributed by atoms with Crippen LogP contribution in [0.3, 0.4) is 0 Å². The second kappa shape index (κ2) is 7.75. The second-order valence-electron chi connectivity index (χ2n) is 5.66. The molecule has 0 saturated heterocycles. The number of pyridine rings is 1. The molecule has 0 aliphatic carbocycles. The number of nitrogens with zero attached hydrogens (tertiary/aromatic N) is 3. The molecule has 0 fully saturated rings. The van der Waals surface area contributed by atoms with Gasteiger partial charge in [-0.2, -0.15) is 0 Å². The fraction of sp³-hybridized carbons (Fsp3) is 0.222. The quantitative estimate of drug-likeness (QED) is 0.697. The number of hydrogen-bond donors (Lipinski definition) is 2. The van der Waals surface area contributed by atoms with Crippen molar-refractivity contribution in [2.75, 3.05) is 12.8 Å². The van der Waals surface area contributed by atoms with Gasteiger partial charge in [0.05, 0.1) is 30.8 Å². The summed E-state index contributed by atoms with van der Waals surface area (Å²) in [6, 6.07) is 8.84. The van der Waals surface area contributed by atoms with Crippen LogP contribution >= 0.6 is 0 Å². The number of nitrogen functional groups attached to an aromatic ring is 1. The number of aryl methyl sites for hydroxylation is 1. The van der Waals surface area contributed by atoms with Crippen LogP contribution in [0.1, 0.15) is 27.4 Å². The van der Waals surface area contributed by atoms with Crippen molar-refractivity contribution in [2.24, 2.45) is 0 Å². The molecule has 0 saturated carbocycles. The molecule has 8 heteroatoms. The highest BCUT2D eigenvalue weighted by Crippen LogP contribution is 2.19. The van der Waals surface area contributed by atoms with Gasteiger partial charge in [-0.05, 0) is 36.8 Å². The lowest BCUT2D eigenvalue weighted by molar-refractivity contribution is 0.0945. The molecular weight excluding hydrogens is 334 g/mol. The van der Waals surface area contributed by atoms with Crippen molar-refractivity contribution in [2.45, 2.75) is 20.1 Å². The fourth-order valence-electron chi connectivity index (χ4n) is 2.41. The Labute approximate surface area is 150 Å². The summed E-state index contributed by atoms with van der Waals surface area (Å²) in [5, 5.41) is 2.81. The molecule has 0 radical (unpaired) electrons. The van der Waals surface area contributed by atoms with Gasteiger partial charge in [0.15, 0.2) is 5.76 Å². The van der Waals surface area contributed by atoms with Crippen molar-refractivity contribution in [1.82, 2.24) is 20.3 Å². The molecule has 0 aromatic carbocycles. The summed E-state index contributed by atoms with van der Waals surface area (Å²) >= 11 is 0. The molecule has 0 atom stereocenters. The Morgan fingerprint density at radius 2 is 2.12 bits per heavy atom. The first-order valence-corrected chi connectivity index (χ1v) is 7.98. The first-order chi connectivity index (χ1) is 12.6. The van der Waals surface area contributed by atoms with E-state index in [4.69, 9.17) is 14.9 Å². The zero-order valence-electron chi connectivity index (χ0n) is 14.5. The summed E-state index contributed by atoms with van der Waals surface area (Å²) in [5.74, 6) is 0.142. The van der Waals surface area contributed by atoms with E-state index in [0.717, 1.165) is 17.0 Å².